The number of hydrogen-bond donors (Lipinski definition) is 2. The van der Waals surface area contributed by atoms with Gasteiger partial charge in [0, 0.05) is 19.3 Å². The molecule has 1 heterocycles. The van der Waals surface area contributed by atoms with Gasteiger partial charge in [0.15, 0.2) is 0 Å². The molecule has 120 valence electrons. The molecule has 8 heteroatoms. The molecule has 0 fully saturated rings. The van der Waals surface area contributed by atoms with Gasteiger partial charge in [0.1, 0.15) is 6.54 Å². The molecule has 2 N–H and O–H groups in total. The van der Waals surface area contributed by atoms with Gasteiger partial charge in [0.25, 0.3) is 6.43 Å². The second-order valence-electron chi connectivity index (χ2n) is 4.49. The predicted molar refractivity (Wildman–Crippen MR) is 79.4 cm³/mol. The zero-order valence-electron chi connectivity index (χ0n) is 11.6. The van der Waals surface area contributed by atoms with Crippen LogP contribution in [0.1, 0.15) is 21.6 Å². The van der Waals surface area contributed by atoms with Crippen molar-refractivity contribution >= 4 is 18.4 Å². The molecule has 0 saturated heterocycles. The molecule has 0 aliphatic rings. The Morgan fingerprint density at radius 1 is 1.27 bits per heavy atom. The molecule has 0 unspecified atom stereocenters. The van der Waals surface area contributed by atoms with E-state index in [2.05, 4.69) is 10.4 Å². The summed E-state index contributed by atoms with van der Waals surface area (Å²) in [6.07, 6.45) is -0.942. The maximum atomic E-state index is 12.2. The minimum atomic E-state index is -2.44. The highest BCUT2D eigenvalue weighted by molar-refractivity contribution is 5.89. The number of nitrogens with zero attached hydrogens (tertiary/aromatic N) is 2. The van der Waals surface area contributed by atoms with Gasteiger partial charge >= 0.3 is 5.97 Å². The fourth-order valence-electron chi connectivity index (χ4n) is 1.95. The van der Waals surface area contributed by atoms with Crippen LogP contribution in [0.5, 0.6) is 0 Å². The van der Waals surface area contributed by atoms with Gasteiger partial charge in [-0.3, -0.25) is 4.68 Å². The Kier molecular flexibility index (Phi) is 6.94. The van der Waals surface area contributed by atoms with Crippen LogP contribution >= 0.6 is 12.4 Å². The maximum absolute atomic E-state index is 12.2. The highest BCUT2D eigenvalue weighted by atomic mass is 35.5. The van der Waals surface area contributed by atoms with Crippen molar-refractivity contribution in [2.24, 2.45) is 0 Å². The topological polar surface area (TPSA) is 67.2 Å². The van der Waals surface area contributed by atoms with E-state index >= 15 is 0 Å². The van der Waals surface area contributed by atoms with Gasteiger partial charge in [-0.1, -0.05) is 18.2 Å². The summed E-state index contributed by atoms with van der Waals surface area (Å²) < 4.78 is 25.6. The van der Waals surface area contributed by atoms with E-state index in [4.69, 9.17) is 5.11 Å². The summed E-state index contributed by atoms with van der Waals surface area (Å²) in [5.74, 6) is -0.978. The van der Waals surface area contributed by atoms with Crippen molar-refractivity contribution in [3.63, 3.8) is 0 Å². The Morgan fingerprint density at radius 3 is 2.68 bits per heavy atom. The van der Waals surface area contributed by atoms with Gasteiger partial charge in [-0.2, -0.15) is 5.10 Å². The molecule has 0 aliphatic heterocycles. The van der Waals surface area contributed by atoms with Gasteiger partial charge in [-0.05, 0) is 17.7 Å². The summed E-state index contributed by atoms with van der Waals surface area (Å²) in [7, 11) is 0. The molecule has 2 aromatic rings. The number of aromatic carboxylic acids is 1. The first kappa shape index (κ1) is 18.1. The monoisotopic (exact) mass is 331 g/mol. The normalized spacial score (nSPS) is 10.5. The Bertz CT molecular complexity index is 620. The fourth-order valence-corrected chi connectivity index (χ4v) is 1.95. The van der Waals surface area contributed by atoms with Crippen LogP contribution in [0.3, 0.4) is 0 Å². The summed E-state index contributed by atoms with van der Waals surface area (Å²) in [5.41, 5.74) is 1.54. The third kappa shape index (κ3) is 5.09. The number of nitrogens with one attached hydrogen (secondary N) is 1. The van der Waals surface area contributed by atoms with Crippen LogP contribution in [0.25, 0.3) is 0 Å². The van der Waals surface area contributed by atoms with Gasteiger partial charge in [-0.15, -0.1) is 12.4 Å². The Balaban J connectivity index is 0.00000242. The van der Waals surface area contributed by atoms with E-state index in [-0.39, 0.29) is 18.0 Å². The summed E-state index contributed by atoms with van der Waals surface area (Å²) in [6, 6.07) is 8.35. The number of carboxylic acids is 1. The number of hydrogen-bond acceptors (Lipinski definition) is 3. The lowest BCUT2D eigenvalue weighted by Crippen LogP contribution is -2.16. The second kappa shape index (κ2) is 8.45. The summed E-state index contributed by atoms with van der Waals surface area (Å²) in [5, 5.41) is 16.1. The van der Waals surface area contributed by atoms with Crippen LogP contribution in [-0.4, -0.2) is 27.3 Å². The third-order valence-electron chi connectivity index (χ3n) is 2.89. The van der Waals surface area contributed by atoms with Crippen LogP contribution in [0.15, 0.2) is 36.5 Å². The molecule has 0 amide bonds. The van der Waals surface area contributed by atoms with Gasteiger partial charge in [0.05, 0.1) is 11.3 Å². The van der Waals surface area contributed by atoms with Crippen LogP contribution in [-0.2, 0) is 19.6 Å². The lowest BCUT2D eigenvalue weighted by atomic mass is 10.1. The van der Waals surface area contributed by atoms with Crippen LogP contribution in [0.4, 0.5) is 8.78 Å². The molecule has 0 spiro atoms. The second-order valence-corrected chi connectivity index (χ2v) is 4.49. The summed E-state index contributed by atoms with van der Waals surface area (Å²) >= 11 is 0. The quantitative estimate of drug-likeness (QED) is 0.818. The molecular weight excluding hydrogens is 316 g/mol. The third-order valence-corrected chi connectivity index (χ3v) is 2.89. The number of benzene rings is 1. The predicted octanol–water partition coefficient (Wildman–Crippen LogP) is 2.56. The number of carboxylic acid groups (broad SMARTS) is 1. The number of carbonyl (C=O) groups is 1. The molecule has 0 bridgehead atoms. The van der Waals surface area contributed by atoms with Gasteiger partial charge < -0.3 is 10.4 Å². The Labute approximate surface area is 132 Å². The van der Waals surface area contributed by atoms with Crippen molar-refractivity contribution < 1.29 is 18.7 Å². The van der Waals surface area contributed by atoms with E-state index in [9.17, 15) is 13.6 Å². The zero-order valence-corrected chi connectivity index (χ0v) is 12.4. The average Bonchev–Trinajstić information content (AvgIpc) is 2.86. The van der Waals surface area contributed by atoms with E-state index in [1.54, 1.807) is 24.3 Å². The first-order chi connectivity index (χ1) is 10.1. The summed E-state index contributed by atoms with van der Waals surface area (Å²) in [6.45, 7) is 0.316. The highest BCUT2D eigenvalue weighted by Gasteiger charge is 2.09. The summed E-state index contributed by atoms with van der Waals surface area (Å²) in [4.78, 5) is 11.0. The molecule has 0 aliphatic carbocycles. The lowest BCUT2D eigenvalue weighted by molar-refractivity contribution is 0.0695. The van der Waals surface area contributed by atoms with Crippen molar-refractivity contribution in [1.82, 2.24) is 15.1 Å². The van der Waals surface area contributed by atoms with Crippen molar-refractivity contribution in [2.45, 2.75) is 26.1 Å². The molecule has 2 rings (SSSR count). The molecule has 0 radical (unpaired) electrons. The maximum Gasteiger partial charge on any atom is 0.336 e. The minimum Gasteiger partial charge on any atom is -0.478 e. The van der Waals surface area contributed by atoms with E-state index < -0.39 is 18.9 Å². The Morgan fingerprint density at radius 2 is 2.00 bits per heavy atom. The molecule has 1 aromatic carbocycles. The van der Waals surface area contributed by atoms with Gasteiger partial charge in [0.2, 0.25) is 0 Å². The largest absolute Gasteiger partial charge is 0.478 e. The molecule has 0 atom stereocenters. The van der Waals surface area contributed by atoms with Crippen molar-refractivity contribution in [1.29, 1.82) is 0 Å². The van der Waals surface area contributed by atoms with Gasteiger partial charge in [-0.25, -0.2) is 13.6 Å². The Hall–Kier alpha value is -1.99. The first-order valence-electron chi connectivity index (χ1n) is 6.38. The minimum absolute atomic E-state index is 0. The average molecular weight is 332 g/mol. The van der Waals surface area contributed by atoms with E-state index in [0.29, 0.717) is 24.3 Å². The standard InChI is InChI=1S/C14H15F2N3O2.ClH/c15-13(16)9-19-6-5-11(18-19)8-17-7-10-3-1-2-4-12(10)14(20)21;/h1-6,13,17H,7-9H2,(H,20,21);1H. The highest BCUT2D eigenvalue weighted by Crippen LogP contribution is 2.09. The fraction of sp³-hybridized carbons (Fsp3) is 0.286. The van der Waals surface area contributed by atoms with E-state index in [1.807, 2.05) is 0 Å². The van der Waals surface area contributed by atoms with Crippen molar-refractivity contribution in [3.8, 4) is 0 Å². The SMILES string of the molecule is Cl.O=C(O)c1ccccc1CNCc1ccn(CC(F)F)n1. The molecular formula is C14H16ClF2N3O2. The molecule has 1 aromatic heterocycles. The molecule has 22 heavy (non-hydrogen) atoms. The lowest BCUT2D eigenvalue weighted by Gasteiger charge is -2.06. The number of alkyl halides is 2. The van der Waals surface area contributed by atoms with E-state index in [0.717, 1.165) is 0 Å². The van der Waals surface area contributed by atoms with Crippen LogP contribution in [0, 0.1) is 0 Å². The van der Waals surface area contributed by atoms with Crippen molar-refractivity contribution in [2.75, 3.05) is 0 Å². The smallest absolute Gasteiger partial charge is 0.336 e. The zero-order chi connectivity index (χ0) is 15.2. The van der Waals surface area contributed by atoms with E-state index in [1.165, 1.54) is 16.9 Å². The van der Waals surface area contributed by atoms with Crippen molar-refractivity contribution in [3.05, 3.63) is 53.3 Å². The van der Waals surface area contributed by atoms with Crippen LogP contribution in [0.2, 0.25) is 0 Å². The first-order valence-corrected chi connectivity index (χ1v) is 6.38. The molecule has 5 nitrogen and oxygen atoms in total. The van der Waals surface area contributed by atoms with Crippen LogP contribution < -0.4 is 5.32 Å². The molecule has 0 saturated carbocycles. The number of rotatable bonds is 7. The number of aromatic nitrogens is 2. The number of halogens is 3.